The molecule has 0 unspecified atom stereocenters. The van der Waals surface area contributed by atoms with Crippen LogP contribution in [0.3, 0.4) is 0 Å². The first-order valence-electron chi connectivity index (χ1n) is 10.4. The van der Waals surface area contributed by atoms with Crippen LogP contribution < -0.4 is 10.1 Å². The molecule has 0 aliphatic carbocycles. The van der Waals surface area contributed by atoms with E-state index in [9.17, 15) is 4.79 Å². The van der Waals surface area contributed by atoms with E-state index in [0.717, 1.165) is 43.9 Å². The van der Waals surface area contributed by atoms with Crippen molar-refractivity contribution in [1.29, 1.82) is 0 Å². The number of carbonyl (C=O) groups is 1. The summed E-state index contributed by atoms with van der Waals surface area (Å²) in [5, 5.41) is 3.30. The molecule has 156 valence electrons. The standard InChI is InChI=1S/C24H33N3O2/c1-24(2,3)23(28)26-22(21-9-5-6-14-25-21)19-8-7-15-27(17-19)16-18-10-12-20(29-4)13-11-18/h5-6,9-14,19,22H,7-8,15-17H2,1-4H3,(H,26,28)/t19-,22+/m1/s1. The number of amides is 1. The largest absolute Gasteiger partial charge is 0.497 e. The maximum absolute atomic E-state index is 12.8. The second kappa shape index (κ2) is 9.40. The molecule has 1 aliphatic heterocycles. The van der Waals surface area contributed by atoms with Crippen LogP contribution in [0, 0.1) is 11.3 Å². The number of aromatic nitrogens is 1. The van der Waals surface area contributed by atoms with Gasteiger partial charge in [0.15, 0.2) is 0 Å². The van der Waals surface area contributed by atoms with E-state index in [-0.39, 0.29) is 11.9 Å². The molecule has 3 rings (SSSR count). The van der Waals surface area contributed by atoms with Crippen molar-refractivity contribution in [3.8, 4) is 5.75 Å². The zero-order chi connectivity index (χ0) is 20.9. The quantitative estimate of drug-likeness (QED) is 0.796. The summed E-state index contributed by atoms with van der Waals surface area (Å²) in [7, 11) is 1.69. The van der Waals surface area contributed by atoms with Gasteiger partial charge in [-0.05, 0) is 55.1 Å². The Balaban J connectivity index is 1.73. The second-order valence-corrected chi connectivity index (χ2v) is 8.94. The molecule has 1 fully saturated rings. The molecule has 5 heteroatoms. The number of benzene rings is 1. The summed E-state index contributed by atoms with van der Waals surface area (Å²) >= 11 is 0. The molecule has 1 aromatic heterocycles. The molecule has 5 nitrogen and oxygen atoms in total. The number of ether oxygens (including phenoxy) is 1. The topological polar surface area (TPSA) is 54.5 Å². The summed E-state index contributed by atoms with van der Waals surface area (Å²) in [5.74, 6) is 1.29. The van der Waals surface area contributed by atoms with E-state index in [1.165, 1.54) is 5.56 Å². The van der Waals surface area contributed by atoms with Crippen LogP contribution in [-0.4, -0.2) is 36.0 Å². The highest BCUT2D eigenvalue weighted by atomic mass is 16.5. The van der Waals surface area contributed by atoms with E-state index < -0.39 is 5.41 Å². The second-order valence-electron chi connectivity index (χ2n) is 8.94. The van der Waals surface area contributed by atoms with E-state index in [1.807, 2.05) is 57.3 Å². The Morgan fingerprint density at radius 2 is 2.00 bits per heavy atom. The van der Waals surface area contributed by atoms with Crippen LogP contribution in [0.2, 0.25) is 0 Å². The summed E-state index contributed by atoms with van der Waals surface area (Å²) < 4.78 is 5.26. The Labute approximate surface area is 174 Å². The van der Waals surface area contributed by atoms with Crippen LogP contribution in [0.15, 0.2) is 48.7 Å². The molecule has 0 radical (unpaired) electrons. The average Bonchev–Trinajstić information content (AvgIpc) is 2.72. The fourth-order valence-corrected chi connectivity index (χ4v) is 3.85. The monoisotopic (exact) mass is 395 g/mol. The highest BCUT2D eigenvalue weighted by molar-refractivity contribution is 5.81. The number of likely N-dealkylation sites (tertiary alicyclic amines) is 1. The molecule has 0 saturated carbocycles. The van der Waals surface area contributed by atoms with Gasteiger partial charge in [-0.25, -0.2) is 0 Å². The first kappa shape index (κ1) is 21.3. The van der Waals surface area contributed by atoms with Gasteiger partial charge in [0.05, 0.1) is 18.8 Å². The molecule has 29 heavy (non-hydrogen) atoms. The summed E-state index contributed by atoms with van der Waals surface area (Å²) in [4.78, 5) is 19.8. The molecule has 2 heterocycles. The molecule has 1 N–H and O–H groups in total. The third kappa shape index (κ3) is 5.80. The zero-order valence-corrected chi connectivity index (χ0v) is 18.0. The van der Waals surface area contributed by atoms with Gasteiger partial charge < -0.3 is 10.1 Å². The summed E-state index contributed by atoms with van der Waals surface area (Å²) in [5.41, 5.74) is 1.80. The van der Waals surface area contributed by atoms with Gasteiger partial charge in [0.25, 0.3) is 0 Å². The number of nitrogens with one attached hydrogen (secondary N) is 1. The average molecular weight is 396 g/mol. The highest BCUT2D eigenvalue weighted by Crippen LogP contribution is 2.31. The Hall–Kier alpha value is -2.40. The number of piperidine rings is 1. The number of hydrogen-bond acceptors (Lipinski definition) is 4. The van der Waals surface area contributed by atoms with Crippen molar-refractivity contribution < 1.29 is 9.53 Å². The van der Waals surface area contributed by atoms with Crippen LogP contribution in [0.5, 0.6) is 5.75 Å². The molecule has 1 amide bonds. The molecule has 1 aromatic carbocycles. The van der Waals surface area contributed by atoms with Crippen LogP contribution in [0.1, 0.15) is 50.9 Å². The van der Waals surface area contributed by atoms with Crippen molar-refractivity contribution in [2.45, 2.75) is 46.2 Å². The number of methoxy groups -OCH3 is 1. The fraction of sp³-hybridized carbons (Fsp3) is 0.500. The molecule has 0 spiro atoms. The molecular formula is C24H33N3O2. The van der Waals surface area contributed by atoms with Crippen molar-refractivity contribution in [2.75, 3.05) is 20.2 Å². The lowest BCUT2D eigenvalue weighted by molar-refractivity contribution is -0.130. The van der Waals surface area contributed by atoms with Gasteiger partial charge in [-0.1, -0.05) is 39.0 Å². The lowest BCUT2D eigenvalue weighted by Crippen LogP contribution is -2.45. The maximum atomic E-state index is 12.8. The zero-order valence-electron chi connectivity index (χ0n) is 18.0. The van der Waals surface area contributed by atoms with Crippen LogP contribution >= 0.6 is 0 Å². The van der Waals surface area contributed by atoms with E-state index in [4.69, 9.17) is 4.74 Å². The number of pyridine rings is 1. The number of nitrogens with zero attached hydrogens (tertiary/aromatic N) is 2. The SMILES string of the molecule is COc1ccc(CN2CCC[C@@H]([C@H](NC(=O)C(C)(C)C)c3ccccn3)C2)cc1. The minimum Gasteiger partial charge on any atom is -0.497 e. The van der Waals surface area contributed by atoms with Crippen molar-refractivity contribution in [1.82, 2.24) is 15.2 Å². The maximum Gasteiger partial charge on any atom is 0.225 e. The van der Waals surface area contributed by atoms with Crippen LogP contribution in [-0.2, 0) is 11.3 Å². The number of rotatable bonds is 6. The minimum atomic E-state index is -0.426. The molecular weight excluding hydrogens is 362 g/mol. The normalized spacial score (nSPS) is 18.8. The Morgan fingerprint density at radius 1 is 1.24 bits per heavy atom. The Morgan fingerprint density at radius 3 is 2.62 bits per heavy atom. The predicted octanol–water partition coefficient (Wildman–Crippen LogP) is 4.21. The van der Waals surface area contributed by atoms with Crippen molar-refractivity contribution in [3.63, 3.8) is 0 Å². The summed E-state index contributed by atoms with van der Waals surface area (Å²) in [6, 6.07) is 14.1. The van der Waals surface area contributed by atoms with Gasteiger partial charge in [-0.3, -0.25) is 14.7 Å². The van der Waals surface area contributed by atoms with Crippen molar-refractivity contribution >= 4 is 5.91 Å². The molecule has 0 bridgehead atoms. The van der Waals surface area contributed by atoms with Crippen LogP contribution in [0.4, 0.5) is 0 Å². The lowest BCUT2D eigenvalue weighted by Gasteiger charge is -2.38. The van der Waals surface area contributed by atoms with Gasteiger partial charge in [-0.15, -0.1) is 0 Å². The Bertz CT molecular complexity index is 784. The number of carbonyl (C=O) groups excluding carboxylic acids is 1. The summed E-state index contributed by atoms with van der Waals surface area (Å²) in [6.07, 6.45) is 4.02. The first-order chi connectivity index (χ1) is 13.9. The van der Waals surface area contributed by atoms with Gasteiger partial charge in [-0.2, -0.15) is 0 Å². The highest BCUT2D eigenvalue weighted by Gasteiger charge is 2.33. The van der Waals surface area contributed by atoms with Gasteiger partial charge >= 0.3 is 0 Å². The minimum absolute atomic E-state index is 0.0680. The van der Waals surface area contributed by atoms with E-state index in [2.05, 4.69) is 27.3 Å². The molecule has 2 aromatic rings. The molecule has 2 atom stereocenters. The van der Waals surface area contributed by atoms with Gasteiger partial charge in [0, 0.05) is 24.7 Å². The van der Waals surface area contributed by atoms with Gasteiger partial charge in [0.1, 0.15) is 5.75 Å². The Kier molecular flexibility index (Phi) is 6.91. The molecule has 1 aliphatic rings. The summed E-state index contributed by atoms with van der Waals surface area (Å²) in [6.45, 7) is 8.78. The fourth-order valence-electron chi connectivity index (χ4n) is 3.85. The first-order valence-corrected chi connectivity index (χ1v) is 10.4. The van der Waals surface area contributed by atoms with Crippen molar-refractivity contribution in [2.24, 2.45) is 11.3 Å². The third-order valence-electron chi connectivity index (χ3n) is 5.55. The third-order valence-corrected chi connectivity index (χ3v) is 5.55. The van der Waals surface area contributed by atoms with Crippen molar-refractivity contribution in [3.05, 3.63) is 59.9 Å². The van der Waals surface area contributed by atoms with E-state index in [1.54, 1.807) is 7.11 Å². The van der Waals surface area contributed by atoms with E-state index in [0.29, 0.717) is 5.92 Å². The lowest BCUT2D eigenvalue weighted by atomic mass is 9.86. The van der Waals surface area contributed by atoms with E-state index >= 15 is 0 Å². The molecule has 1 saturated heterocycles. The smallest absolute Gasteiger partial charge is 0.225 e. The number of hydrogen-bond donors (Lipinski definition) is 1. The predicted molar refractivity (Wildman–Crippen MR) is 116 cm³/mol. The van der Waals surface area contributed by atoms with Gasteiger partial charge in [0.2, 0.25) is 5.91 Å². The van der Waals surface area contributed by atoms with Crippen LogP contribution in [0.25, 0.3) is 0 Å².